The van der Waals surface area contributed by atoms with Crippen LogP contribution in [0.3, 0.4) is 0 Å². The summed E-state index contributed by atoms with van der Waals surface area (Å²) in [5, 5.41) is 5.72. The molecule has 1 fully saturated rings. The first-order valence-corrected chi connectivity index (χ1v) is 8.70. The number of carbonyl (C=O) groups is 2. The summed E-state index contributed by atoms with van der Waals surface area (Å²) in [6, 6.07) is 7.74. The molecule has 1 aromatic carbocycles. The van der Waals surface area contributed by atoms with Crippen LogP contribution in [0, 0.1) is 0 Å². The molecule has 7 nitrogen and oxygen atoms in total. The van der Waals surface area contributed by atoms with E-state index in [1.165, 1.54) is 6.92 Å². The van der Waals surface area contributed by atoms with Gasteiger partial charge in [-0.05, 0) is 25.0 Å². The lowest BCUT2D eigenvalue weighted by Gasteiger charge is -2.13. The number of hydrogen-bond acceptors (Lipinski definition) is 4. The molecule has 1 unspecified atom stereocenters. The maximum atomic E-state index is 12.4. The van der Waals surface area contributed by atoms with Crippen LogP contribution >= 0.6 is 0 Å². The third-order valence-corrected chi connectivity index (χ3v) is 4.31. The number of imidazole rings is 1. The second-order valence-electron chi connectivity index (χ2n) is 6.27. The average molecular weight is 344 g/mol. The molecule has 1 aliphatic heterocycles. The molecule has 0 saturated carbocycles. The van der Waals surface area contributed by atoms with E-state index in [0.29, 0.717) is 19.5 Å². The Kier molecular flexibility index (Phi) is 5.65. The van der Waals surface area contributed by atoms with Crippen LogP contribution in [-0.4, -0.2) is 47.2 Å². The monoisotopic (exact) mass is 344 g/mol. The lowest BCUT2D eigenvalue weighted by molar-refractivity contribution is -0.122. The highest BCUT2D eigenvalue weighted by Gasteiger charge is 2.17. The molecule has 0 bridgehead atoms. The number of benzene rings is 1. The zero-order valence-electron chi connectivity index (χ0n) is 14.5. The van der Waals surface area contributed by atoms with E-state index in [0.717, 1.165) is 36.3 Å². The van der Waals surface area contributed by atoms with Crippen molar-refractivity contribution in [1.82, 2.24) is 20.2 Å². The van der Waals surface area contributed by atoms with Crippen molar-refractivity contribution in [2.75, 3.05) is 19.7 Å². The van der Waals surface area contributed by atoms with E-state index < -0.39 is 0 Å². The van der Waals surface area contributed by atoms with E-state index in [1.807, 2.05) is 28.8 Å². The molecule has 0 spiro atoms. The summed E-state index contributed by atoms with van der Waals surface area (Å²) in [4.78, 5) is 28.0. The van der Waals surface area contributed by atoms with Crippen LogP contribution in [-0.2, 0) is 27.3 Å². The van der Waals surface area contributed by atoms with Gasteiger partial charge in [0.2, 0.25) is 11.8 Å². The Labute approximate surface area is 146 Å². The summed E-state index contributed by atoms with van der Waals surface area (Å²) in [6.45, 7) is 3.52. The third-order valence-electron chi connectivity index (χ3n) is 4.31. The quantitative estimate of drug-likeness (QED) is 0.785. The number of rotatable bonds is 7. The molecule has 2 heterocycles. The van der Waals surface area contributed by atoms with E-state index in [4.69, 9.17) is 4.74 Å². The Hall–Kier alpha value is -2.41. The highest BCUT2D eigenvalue weighted by molar-refractivity contribution is 5.81. The summed E-state index contributed by atoms with van der Waals surface area (Å²) in [5.74, 6) is 0.665. The van der Waals surface area contributed by atoms with Gasteiger partial charge >= 0.3 is 0 Å². The van der Waals surface area contributed by atoms with E-state index in [2.05, 4.69) is 15.6 Å². The standard InChI is InChI=1S/C18H24N4O3/c1-13(23)19-9-8-17-21-15-6-2-3-7-16(15)22(17)12-18(24)20-11-14-5-4-10-25-14/h2-3,6-7,14H,4-5,8-12H2,1H3,(H,19,23)(H,20,24). The molecule has 7 heteroatoms. The number of amides is 2. The number of aromatic nitrogens is 2. The molecule has 1 saturated heterocycles. The SMILES string of the molecule is CC(=O)NCCc1nc2ccccc2n1CC(=O)NCC1CCCO1. The molecule has 0 aliphatic carbocycles. The van der Waals surface area contributed by atoms with Crippen LogP contribution < -0.4 is 10.6 Å². The molecule has 2 N–H and O–H groups in total. The summed E-state index contributed by atoms with van der Waals surface area (Å²) in [7, 11) is 0. The number of para-hydroxylation sites is 2. The van der Waals surface area contributed by atoms with E-state index in [1.54, 1.807) is 0 Å². The fraction of sp³-hybridized carbons (Fsp3) is 0.500. The van der Waals surface area contributed by atoms with Gasteiger partial charge in [-0.2, -0.15) is 0 Å². The summed E-state index contributed by atoms with van der Waals surface area (Å²) in [6.07, 6.45) is 2.76. The molecule has 2 amide bonds. The highest BCUT2D eigenvalue weighted by atomic mass is 16.5. The Morgan fingerprint density at radius 2 is 2.16 bits per heavy atom. The van der Waals surface area contributed by atoms with Crippen molar-refractivity contribution in [2.45, 2.75) is 38.8 Å². The predicted octanol–water partition coefficient (Wildman–Crippen LogP) is 1.01. The van der Waals surface area contributed by atoms with Gasteiger partial charge in [-0.3, -0.25) is 9.59 Å². The molecule has 0 radical (unpaired) electrons. The van der Waals surface area contributed by atoms with Gasteiger partial charge < -0.3 is 19.9 Å². The Morgan fingerprint density at radius 1 is 1.32 bits per heavy atom. The minimum absolute atomic E-state index is 0.0561. The van der Waals surface area contributed by atoms with Gasteiger partial charge in [0, 0.05) is 33.0 Å². The molecular weight excluding hydrogens is 320 g/mol. The number of hydrogen-bond donors (Lipinski definition) is 2. The molecular formula is C18H24N4O3. The first-order chi connectivity index (χ1) is 12.1. The van der Waals surface area contributed by atoms with Crippen LogP contribution in [0.4, 0.5) is 0 Å². The fourth-order valence-electron chi connectivity index (χ4n) is 3.08. The average Bonchev–Trinajstić information content (AvgIpc) is 3.21. The molecule has 2 aromatic rings. The maximum Gasteiger partial charge on any atom is 0.240 e. The summed E-state index contributed by atoms with van der Waals surface area (Å²) in [5.41, 5.74) is 1.78. The molecule has 134 valence electrons. The fourth-order valence-corrected chi connectivity index (χ4v) is 3.08. The lowest BCUT2D eigenvalue weighted by Crippen LogP contribution is -2.34. The van der Waals surface area contributed by atoms with Gasteiger partial charge in [0.15, 0.2) is 0 Å². The zero-order chi connectivity index (χ0) is 17.6. The van der Waals surface area contributed by atoms with Crippen molar-refractivity contribution in [1.29, 1.82) is 0 Å². The smallest absolute Gasteiger partial charge is 0.240 e. The van der Waals surface area contributed by atoms with Crippen LogP contribution in [0.2, 0.25) is 0 Å². The lowest BCUT2D eigenvalue weighted by atomic mass is 10.2. The van der Waals surface area contributed by atoms with Gasteiger partial charge in [0.25, 0.3) is 0 Å². The van der Waals surface area contributed by atoms with Crippen LogP contribution in [0.5, 0.6) is 0 Å². The van der Waals surface area contributed by atoms with Gasteiger partial charge in [-0.25, -0.2) is 4.98 Å². The molecule has 25 heavy (non-hydrogen) atoms. The Bertz CT molecular complexity index is 750. The van der Waals surface area contributed by atoms with E-state index >= 15 is 0 Å². The van der Waals surface area contributed by atoms with Crippen molar-refractivity contribution in [3.63, 3.8) is 0 Å². The largest absolute Gasteiger partial charge is 0.376 e. The minimum atomic E-state index is -0.0723. The third kappa shape index (κ3) is 4.57. The Balaban J connectivity index is 1.68. The number of ether oxygens (including phenoxy) is 1. The number of nitrogens with zero attached hydrogens (tertiary/aromatic N) is 2. The Morgan fingerprint density at radius 3 is 2.92 bits per heavy atom. The van der Waals surface area contributed by atoms with Gasteiger partial charge in [-0.15, -0.1) is 0 Å². The van der Waals surface area contributed by atoms with Crippen LogP contribution in [0.1, 0.15) is 25.6 Å². The second kappa shape index (κ2) is 8.11. The second-order valence-corrected chi connectivity index (χ2v) is 6.27. The first-order valence-electron chi connectivity index (χ1n) is 8.70. The van der Waals surface area contributed by atoms with Crippen molar-refractivity contribution in [2.24, 2.45) is 0 Å². The van der Waals surface area contributed by atoms with Gasteiger partial charge in [-0.1, -0.05) is 12.1 Å². The normalized spacial score (nSPS) is 16.9. The maximum absolute atomic E-state index is 12.4. The summed E-state index contributed by atoms with van der Waals surface area (Å²) < 4.78 is 7.45. The number of fused-ring (bicyclic) bond motifs is 1. The van der Waals surface area contributed by atoms with Crippen molar-refractivity contribution >= 4 is 22.8 Å². The number of carbonyl (C=O) groups excluding carboxylic acids is 2. The predicted molar refractivity (Wildman–Crippen MR) is 94.1 cm³/mol. The van der Waals surface area contributed by atoms with Gasteiger partial charge in [0.1, 0.15) is 12.4 Å². The van der Waals surface area contributed by atoms with Gasteiger partial charge in [0.05, 0.1) is 17.1 Å². The number of nitrogens with one attached hydrogen (secondary N) is 2. The topological polar surface area (TPSA) is 85.2 Å². The van der Waals surface area contributed by atoms with Crippen LogP contribution in [0.15, 0.2) is 24.3 Å². The molecule has 1 atom stereocenters. The van der Waals surface area contributed by atoms with E-state index in [9.17, 15) is 9.59 Å². The zero-order valence-corrected chi connectivity index (χ0v) is 14.5. The minimum Gasteiger partial charge on any atom is -0.376 e. The first kappa shape index (κ1) is 17.4. The molecule has 1 aromatic heterocycles. The molecule has 1 aliphatic rings. The van der Waals surface area contributed by atoms with E-state index in [-0.39, 0.29) is 24.5 Å². The molecule has 3 rings (SSSR count). The van der Waals surface area contributed by atoms with Crippen molar-refractivity contribution < 1.29 is 14.3 Å². The van der Waals surface area contributed by atoms with Crippen LogP contribution in [0.25, 0.3) is 11.0 Å². The van der Waals surface area contributed by atoms with Crippen molar-refractivity contribution in [3.8, 4) is 0 Å². The summed E-state index contributed by atoms with van der Waals surface area (Å²) >= 11 is 0. The highest BCUT2D eigenvalue weighted by Crippen LogP contribution is 2.16. The van der Waals surface area contributed by atoms with Crippen molar-refractivity contribution in [3.05, 3.63) is 30.1 Å².